The number of aliphatic hydroxyl groups excluding tert-OH is 1. The zero-order valence-corrected chi connectivity index (χ0v) is 17.6. The third kappa shape index (κ3) is 5.81. The zero-order valence-electron chi connectivity index (χ0n) is 16.6. The summed E-state index contributed by atoms with van der Waals surface area (Å²) in [6.07, 6.45) is -3.11. The maximum atomic E-state index is 13.6. The third-order valence-electron chi connectivity index (χ3n) is 5.08. The number of hydrogen-bond acceptors (Lipinski definition) is 5. The van der Waals surface area contributed by atoms with Gasteiger partial charge in [-0.3, -0.25) is 9.69 Å². The van der Waals surface area contributed by atoms with E-state index in [2.05, 4.69) is 25.0 Å². The van der Waals surface area contributed by atoms with Gasteiger partial charge in [-0.05, 0) is 12.5 Å². The highest BCUT2D eigenvalue weighted by Crippen LogP contribution is 2.23. The molecule has 160 valence electrons. The molecule has 0 aromatic heterocycles. The van der Waals surface area contributed by atoms with Gasteiger partial charge >= 0.3 is 12.2 Å². The molecule has 3 N–H and O–H groups in total. The normalized spacial score (nSPS) is 27.8. The lowest BCUT2D eigenvalue weighted by atomic mass is 10.1. The number of carbonyl (C=O) groups is 3. The molecule has 2 fully saturated rings. The second kappa shape index (κ2) is 9.08. The molecule has 0 aromatic carbocycles. The van der Waals surface area contributed by atoms with Crippen LogP contribution in [0, 0.1) is 0 Å². The molecule has 0 spiro atoms. The Morgan fingerprint density at radius 2 is 1.86 bits per heavy atom. The van der Waals surface area contributed by atoms with Crippen LogP contribution in [0.1, 0.15) is 12.8 Å². The Morgan fingerprint density at radius 3 is 2.43 bits per heavy atom. The lowest BCUT2D eigenvalue weighted by molar-refractivity contribution is -0.125. The van der Waals surface area contributed by atoms with Gasteiger partial charge < -0.3 is 25.2 Å². The van der Waals surface area contributed by atoms with Crippen molar-refractivity contribution in [2.45, 2.75) is 62.8 Å². The summed E-state index contributed by atoms with van der Waals surface area (Å²) in [6, 6.07) is -1.20. The van der Waals surface area contributed by atoms with E-state index in [9.17, 15) is 23.9 Å². The smallest absolute Gasteiger partial charge is 0.410 e. The summed E-state index contributed by atoms with van der Waals surface area (Å²) in [5.41, 5.74) is 0. The standard InChI is InChI=1S/C17H30FN3O6Si/c1-28(2,3)5-4-27-17(26)20-9-12(7-13(20)10-22)19-15(23)14-6-11(18)8-21(14)16(24)25/h11-14,22H,4-10H2,1-3H3,(H,19,23)(H,24,25)/t11-,12+,13+,14-/m0/s1. The predicted molar refractivity (Wildman–Crippen MR) is 102 cm³/mol. The average Bonchev–Trinajstić information content (AvgIpc) is 3.17. The van der Waals surface area contributed by atoms with Crippen molar-refractivity contribution in [2.24, 2.45) is 0 Å². The summed E-state index contributed by atoms with van der Waals surface area (Å²) in [7, 11) is -1.35. The predicted octanol–water partition coefficient (Wildman–Crippen LogP) is 1.10. The van der Waals surface area contributed by atoms with Gasteiger partial charge in [-0.15, -0.1) is 0 Å². The van der Waals surface area contributed by atoms with E-state index in [-0.39, 0.29) is 26.1 Å². The van der Waals surface area contributed by atoms with Gasteiger partial charge in [0.15, 0.2) is 0 Å². The molecule has 2 aliphatic rings. The van der Waals surface area contributed by atoms with E-state index in [1.165, 1.54) is 4.90 Å². The van der Waals surface area contributed by atoms with E-state index < -0.39 is 50.5 Å². The van der Waals surface area contributed by atoms with Crippen molar-refractivity contribution in [1.29, 1.82) is 0 Å². The summed E-state index contributed by atoms with van der Waals surface area (Å²) in [5.74, 6) is -0.585. The van der Waals surface area contributed by atoms with Crippen molar-refractivity contribution in [3.8, 4) is 0 Å². The van der Waals surface area contributed by atoms with Gasteiger partial charge in [-0.25, -0.2) is 14.0 Å². The van der Waals surface area contributed by atoms with Crippen molar-refractivity contribution >= 4 is 26.2 Å². The van der Waals surface area contributed by atoms with Crippen LogP contribution in [0.5, 0.6) is 0 Å². The minimum atomic E-state index is -1.38. The van der Waals surface area contributed by atoms with Gasteiger partial charge in [0.2, 0.25) is 5.91 Å². The summed E-state index contributed by atoms with van der Waals surface area (Å²) in [6.45, 7) is 6.38. The van der Waals surface area contributed by atoms with Crippen molar-refractivity contribution < 1.29 is 33.7 Å². The second-order valence-corrected chi connectivity index (χ2v) is 14.3. The first-order chi connectivity index (χ1) is 13.0. The van der Waals surface area contributed by atoms with Gasteiger partial charge in [0.05, 0.1) is 25.8 Å². The lowest BCUT2D eigenvalue weighted by Gasteiger charge is -2.24. The highest BCUT2D eigenvalue weighted by atomic mass is 28.3. The van der Waals surface area contributed by atoms with Crippen LogP contribution in [0.3, 0.4) is 0 Å². The number of halogens is 1. The number of nitrogens with one attached hydrogen (secondary N) is 1. The number of carboxylic acid groups (broad SMARTS) is 1. The van der Waals surface area contributed by atoms with Crippen LogP contribution >= 0.6 is 0 Å². The minimum absolute atomic E-state index is 0.154. The maximum Gasteiger partial charge on any atom is 0.410 e. The van der Waals surface area contributed by atoms with Gasteiger partial charge in [-0.1, -0.05) is 19.6 Å². The van der Waals surface area contributed by atoms with E-state index in [1.54, 1.807) is 0 Å². The number of carbonyl (C=O) groups excluding carboxylic acids is 2. The SMILES string of the molecule is C[Si](C)(C)CCOC(=O)N1C[C@H](NC(=O)[C@@H]2C[C@H](F)CN2C(=O)O)C[C@@H]1CO. The first kappa shape index (κ1) is 22.4. The molecule has 11 heteroatoms. The Bertz CT molecular complexity index is 602. The molecular weight excluding hydrogens is 389 g/mol. The number of aliphatic hydroxyl groups is 1. The van der Waals surface area contributed by atoms with Crippen molar-refractivity contribution in [1.82, 2.24) is 15.1 Å². The van der Waals surface area contributed by atoms with Crippen LogP contribution in [-0.4, -0.2) is 96.8 Å². The number of likely N-dealkylation sites (tertiary alicyclic amines) is 2. The quantitative estimate of drug-likeness (QED) is 0.555. The summed E-state index contributed by atoms with van der Waals surface area (Å²) >= 11 is 0. The molecule has 0 aliphatic carbocycles. The Balaban J connectivity index is 1.91. The number of ether oxygens (including phenoxy) is 1. The number of hydrogen-bond donors (Lipinski definition) is 3. The van der Waals surface area contributed by atoms with Gasteiger partial charge in [0.1, 0.15) is 12.2 Å². The van der Waals surface area contributed by atoms with Gasteiger partial charge in [-0.2, -0.15) is 0 Å². The lowest BCUT2D eigenvalue weighted by Crippen LogP contribution is -2.49. The van der Waals surface area contributed by atoms with Crippen LogP contribution in [0.15, 0.2) is 0 Å². The molecule has 0 unspecified atom stereocenters. The van der Waals surface area contributed by atoms with E-state index in [0.29, 0.717) is 13.0 Å². The Hall–Kier alpha value is -1.88. The molecular formula is C17H30FN3O6Si. The summed E-state index contributed by atoms with van der Waals surface area (Å²) in [4.78, 5) is 38.1. The molecule has 3 amide bonds. The van der Waals surface area contributed by atoms with Crippen LogP contribution in [0.2, 0.25) is 25.7 Å². The fourth-order valence-corrected chi connectivity index (χ4v) is 4.20. The van der Waals surface area contributed by atoms with Crippen LogP contribution in [0.4, 0.5) is 14.0 Å². The topological polar surface area (TPSA) is 119 Å². The average molecular weight is 420 g/mol. The van der Waals surface area contributed by atoms with Crippen LogP contribution in [-0.2, 0) is 9.53 Å². The first-order valence-corrected chi connectivity index (χ1v) is 13.2. The Morgan fingerprint density at radius 1 is 1.18 bits per heavy atom. The molecule has 2 aliphatic heterocycles. The molecule has 2 heterocycles. The number of alkyl halides is 1. The maximum absolute atomic E-state index is 13.6. The first-order valence-electron chi connectivity index (χ1n) is 9.50. The summed E-state index contributed by atoms with van der Waals surface area (Å²) in [5, 5.41) is 21.4. The minimum Gasteiger partial charge on any atom is -0.465 e. The highest BCUT2D eigenvalue weighted by molar-refractivity contribution is 6.76. The molecule has 0 bridgehead atoms. The Labute approximate surface area is 164 Å². The van der Waals surface area contributed by atoms with Crippen molar-refractivity contribution in [3.05, 3.63) is 0 Å². The van der Waals surface area contributed by atoms with E-state index >= 15 is 0 Å². The fourth-order valence-electron chi connectivity index (χ4n) is 3.49. The summed E-state index contributed by atoms with van der Waals surface area (Å²) < 4.78 is 18.9. The molecule has 28 heavy (non-hydrogen) atoms. The fraction of sp³-hybridized carbons (Fsp3) is 0.824. The van der Waals surface area contributed by atoms with E-state index in [0.717, 1.165) is 10.9 Å². The highest BCUT2D eigenvalue weighted by Gasteiger charge is 2.42. The van der Waals surface area contributed by atoms with Crippen LogP contribution < -0.4 is 5.32 Å². The van der Waals surface area contributed by atoms with Gasteiger partial charge in [0, 0.05) is 27.1 Å². The third-order valence-corrected chi connectivity index (χ3v) is 6.79. The largest absolute Gasteiger partial charge is 0.465 e. The van der Waals surface area contributed by atoms with Crippen molar-refractivity contribution in [3.63, 3.8) is 0 Å². The molecule has 4 atom stereocenters. The molecule has 0 saturated carbocycles. The Kier molecular flexibility index (Phi) is 7.26. The van der Waals surface area contributed by atoms with E-state index in [1.807, 2.05) is 0 Å². The number of nitrogens with zero attached hydrogens (tertiary/aromatic N) is 2. The second-order valence-electron chi connectivity index (χ2n) is 8.64. The molecule has 2 saturated heterocycles. The number of rotatable bonds is 6. The zero-order chi connectivity index (χ0) is 21.1. The molecule has 9 nitrogen and oxygen atoms in total. The molecule has 0 radical (unpaired) electrons. The molecule has 0 aromatic rings. The monoisotopic (exact) mass is 419 g/mol. The van der Waals surface area contributed by atoms with Gasteiger partial charge in [0.25, 0.3) is 0 Å². The van der Waals surface area contributed by atoms with E-state index in [4.69, 9.17) is 9.84 Å². The van der Waals surface area contributed by atoms with Crippen molar-refractivity contribution in [2.75, 3.05) is 26.3 Å². The van der Waals surface area contributed by atoms with Crippen LogP contribution in [0.25, 0.3) is 0 Å². The number of amides is 3. The molecule has 2 rings (SSSR count).